The highest BCUT2D eigenvalue weighted by Crippen LogP contribution is 2.26. The number of likely N-dealkylation sites (N-methyl/N-ethyl adjacent to an activating group) is 1. The first kappa shape index (κ1) is 19.4. The summed E-state index contributed by atoms with van der Waals surface area (Å²) in [6.07, 6.45) is 2.05. The van der Waals surface area contributed by atoms with Crippen molar-refractivity contribution in [1.82, 2.24) is 24.6 Å². The third kappa shape index (κ3) is 4.66. The molecule has 2 aromatic rings. The van der Waals surface area contributed by atoms with Crippen LogP contribution in [0.5, 0.6) is 0 Å². The fourth-order valence-electron chi connectivity index (χ4n) is 3.64. The predicted octanol–water partition coefficient (Wildman–Crippen LogP) is 1.72. The molecule has 7 nitrogen and oxygen atoms in total. The fourth-order valence-corrected chi connectivity index (χ4v) is 3.64. The van der Waals surface area contributed by atoms with E-state index in [4.69, 9.17) is 0 Å². The van der Waals surface area contributed by atoms with Gasteiger partial charge in [0.15, 0.2) is 0 Å². The highest BCUT2D eigenvalue weighted by Gasteiger charge is 2.28. The quantitative estimate of drug-likeness (QED) is 0.775. The van der Waals surface area contributed by atoms with Crippen LogP contribution in [0.4, 0.5) is 5.69 Å². The molecule has 27 heavy (non-hydrogen) atoms. The maximum atomic E-state index is 12.8. The Hall–Kier alpha value is -2.41. The van der Waals surface area contributed by atoms with Crippen LogP contribution >= 0.6 is 0 Å². The van der Waals surface area contributed by atoms with E-state index in [1.807, 2.05) is 68.3 Å². The summed E-state index contributed by atoms with van der Waals surface area (Å²) < 4.78 is 2.09. The number of piperidine rings is 1. The summed E-state index contributed by atoms with van der Waals surface area (Å²) in [4.78, 5) is 18.9. The molecule has 2 heterocycles. The van der Waals surface area contributed by atoms with Crippen LogP contribution in [0.15, 0.2) is 30.3 Å². The van der Waals surface area contributed by atoms with Crippen molar-refractivity contribution in [3.05, 3.63) is 42.0 Å². The van der Waals surface area contributed by atoms with E-state index >= 15 is 0 Å². The highest BCUT2D eigenvalue weighted by molar-refractivity contribution is 5.81. The number of nitrogens with zero attached hydrogens (tertiary/aromatic N) is 6. The van der Waals surface area contributed by atoms with E-state index in [1.54, 1.807) is 0 Å². The van der Waals surface area contributed by atoms with Crippen LogP contribution in [-0.4, -0.2) is 71.2 Å². The van der Waals surface area contributed by atoms with Gasteiger partial charge in [-0.05, 0) is 39.1 Å². The van der Waals surface area contributed by atoms with E-state index in [-0.39, 0.29) is 11.8 Å². The van der Waals surface area contributed by atoms with Crippen molar-refractivity contribution in [1.29, 1.82) is 0 Å². The summed E-state index contributed by atoms with van der Waals surface area (Å²) in [6.45, 7) is 2.69. The van der Waals surface area contributed by atoms with Crippen molar-refractivity contribution in [2.45, 2.75) is 25.3 Å². The number of hydrogen-bond donors (Lipinski definition) is 0. The zero-order chi connectivity index (χ0) is 19.4. The molecule has 1 atom stereocenters. The number of amides is 1. The van der Waals surface area contributed by atoms with Gasteiger partial charge >= 0.3 is 0 Å². The van der Waals surface area contributed by atoms with Gasteiger partial charge in [-0.25, -0.2) is 0 Å². The number of para-hydroxylation sites is 1. The molecular weight excluding hydrogens is 340 g/mol. The number of likely N-dealkylation sites (tertiary alicyclic amines) is 1. The average molecular weight is 371 g/mol. The SMILES string of the molecule is CN(C)Cc1nnc([C@H]2CCCN(C(=O)CN(C)c3ccccc3)C2)n1C. The van der Waals surface area contributed by atoms with Gasteiger partial charge in [0.2, 0.25) is 5.91 Å². The summed E-state index contributed by atoms with van der Waals surface area (Å²) in [7, 11) is 8.04. The van der Waals surface area contributed by atoms with Crippen LogP contribution in [0.25, 0.3) is 0 Å². The fraction of sp³-hybridized carbons (Fsp3) is 0.550. The monoisotopic (exact) mass is 370 g/mol. The minimum Gasteiger partial charge on any atom is -0.365 e. The summed E-state index contributed by atoms with van der Waals surface area (Å²) in [5, 5.41) is 8.78. The second-order valence-electron chi connectivity index (χ2n) is 7.64. The smallest absolute Gasteiger partial charge is 0.242 e. The molecule has 1 saturated heterocycles. The summed E-state index contributed by atoms with van der Waals surface area (Å²) in [6, 6.07) is 10.0. The van der Waals surface area contributed by atoms with Crippen LogP contribution in [0.1, 0.15) is 30.4 Å². The first-order valence-electron chi connectivity index (χ1n) is 9.52. The van der Waals surface area contributed by atoms with Crippen molar-refractivity contribution in [3.8, 4) is 0 Å². The molecule has 146 valence electrons. The number of hydrogen-bond acceptors (Lipinski definition) is 5. The van der Waals surface area contributed by atoms with Gasteiger partial charge in [0.05, 0.1) is 13.1 Å². The largest absolute Gasteiger partial charge is 0.365 e. The lowest BCUT2D eigenvalue weighted by Gasteiger charge is -2.33. The molecule has 0 radical (unpaired) electrons. The van der Waals surface area contributed by atoms with E-state index in [2.05, 4.69) is 19.7 Å². The van der Waals surface area contributed by atoms with Gasteiger partial charge in [0, 0.05) is 38.8 Å². The topological polar surface area (TPSA) is 57.5 Å². The zero-order valence-electron chi connectivity index (χ0n) is 16.8. The normalized spacial score (nSPS) is 17.4. The number of anilines is 1. The van der Waals surface area contributed by atoms with Gasteiger partial charge in [-0.3, -0.25) is 4.79 Å². The molecule has 0 bridgehead atoms. The van der Waals surface area contributed by atoms with Gasteiger partial charge in [-0.15, -0.1) is 10.2 Å². The Morgan fingerprint density at radius 1 is 1.19 bits per heavy atom. The maximum Gasteiger partial charge on any atom is 0.242 e. The molecule has 1 aromatic heterocycles. The van der Waals surface area contributed by atoms with E-state index in [1.165, 1.54) is 0 Å². The van der Waals surface area contributed by atoms with Crippen LogP contribution in [-0.2, 0) is 18.4 Å². The van der Waals surface area contributed by atoms with Gasteiger partial charge in [-0.2, -0.15) is 0 Å². The lowest BCUT2D eigenvalue weighted by Crippen LogP contribution is -2.44. The molecule has 1 amide bonds. The third-order valence-corrected chi connectivity index (χ3v) is 5.17. The Kier molecular flexibility index (Phi) is 6.11. The van der Waals surface area contributed by atoms with Gasteiger partial charge in [0.25, 0.3) is 0 Å². The number of aromatic nitrogens is 3. The van der Waals surface area contributed by atoms with Crippen molar-refractivity contribution < 1.29 is 4.79 Å². The molecule has 0 saturated carbocycles. The predicted molar refractivity (Wildman–Crippen MR) is 107 cm³/mol. The Morgan fingerprint density at radius 2 is 1.93 bits per heavy atom. The van der Waals surface area contributed by atoms with Gasteiger partial charge in [-0.1, -0.05) is 18.2 Å². The van der Waals surface area contributed by atoms with Crippen molar-refractivity contribution in [3.63, 3.8) is 0 Å². The maximum absolute atomic E-state index is 12.8. The van der Waals surface area contributed by atoms with Crippen LogP contribution in [0.3, 0.4) is 0 Å². The van der Waals surface area contributed by atoms with Crippen molar-refractivity contribution in [2.24, 2.45) is 7.05 Å². The first-order valence-corrected chi connectivity index (χ1v) is 9.52. The molecule has 0 spiro atoms. The minimum absolute atomic E-state index is 0.168. The second-order valence-corrected chi connectivity index (χ2v) is 7.64. The molecule has 0 N–H and O–H groups in total. The lowest BCUT2D eigenvalue weighted by molar-refractivity contribution is -0.130. The van der Waals surface area contributed by atoms with Crippen molar-refractivity contribution in [2.75, 3.05) is 45.7 Å². The minimum atomic E-state index is 0.168. The molecular formula is C20H30N6O. The molecule has 1 fully saturated rings. The molecule has 3 rings (SSSR count). The number of rotatable bonds is 6. The molecule has 1 aliphatic heterocycles. The second kappa shape index (κ2) is 8.52. The Morgan fingerprint density at radius 3 is 2.63 bits per heavy atom. The summed E-state index contributed by atoms with van der Waals surface area (Å²) >= 11 is 0. The van der Waals surface area contributed by atoms with E-state index in [9.17, 15) is 4.79 Å². The summed E-state index contributed by atoms with van der Waals surface area (Å²) in [5.74, 6) is 2.36. The van der Waals surface area contributed by atoms with Crippen LogP contribution in [0, 0.1) is 0 Å². The Bertz CT molecular complexity index is 757. The lowest BCUT2D eigenvalue weighted by atomic mass is 9.97. The van der Waals surface area contributed by atoms with E-state index < -0.39 is 0 Å². The van der Waals surface area contributed by atoms with E-state index in [0.29, 0.717) is 6.54 Å². The highest BCUT2D eigenvalue weighted by atomic mass is 16.2. The molecule has 0 unspecified atom stereocenters. The molecule has 1 aromatic carbocycles. The third-order valence-electron chi connectivity index (χ3n) is 5.17. The number of carbonyl (C=O) groups is 1. The molecule has 1 aliphatic rings. The van der Waals surface area contributed by atoms with Crippen LogP contribution < -0.4 is 4.90 Å². The van der Waals surface area contributed by atoms with Gasteiger partial charge in [0.1, 0.15) is 11.6 Å². The average Bonchev–Trinajstić information content (AvgIpc) is 3.02. The number of carbonyl (C=O) groups excluding carboxylic acids is 1. The summed E-state index contributed by atoms with van der Waals surface area (Å²) in [5.41, 5.74) is 1.06. The standard InChI is InChI=1S/C20H30N6O/c1-23(2)14-18-21-22-20(25(18)4)16-9-8-12-26(13-16)19(27)15-24(3)17-10-6-5-7-11-17/h5-7,10-11,16H,8-9,12-15H2,1-4H3/t16-/m0/s1. The zero-order valence-corrected chi connectivity index (χ0v) is 16.8. The Labute approximate surface area is 161 Å². The first-order chi connectivity index (χ1) is 13.0. The molecule has 7 heteroatoms. The Balaban J connectivity index is 1.64. The van der Waals surface area contributed by atoms with E-state index in [0.717, 1.165) is 49.8 Å². The van der Waals surface area contributed by atoms with Gasteiger partial charge < -0.3 is 19.3 Å². The van der Waals surface area contributed by atoms with Crippen molar-refractivity contribution >= 4 is 11.6 Å². The molecule has 0 aliphatic carbocycles. The number of benzene rings is 1. The van der Waals surface area contributed by atoms with Crippen LogP contribution in [0.2, 0.25) is 0 Å².